The average molecular weight is 457 g/mol. The van der Waals surface area contributed by atoms with E-state index < -0.39 is 0 Å². The number of hydrogen-bond donors (Lipinski definition) is 0. The van der Waals surface area contributed by atoms with E-state index in [0.717, 1.165) is 68.2 Å². The number of benzene rings is 2. The lowest BCUT2D eigenvalue weighted by atomic mass is 10.0. The van der Waals surface area contributed by atoms with Gasteiger partial charge in [0.05, 0.1) is 0 Å². The summed E-state index contributed by atoms with van der Waals surface area (Å²) in [6, 6.07) is 16.8. The number of carbonyl (C=O) groups is 1. The predicted octanol–water partition coefficient (Wildman–Crippen LogP) is 5.16. The van der Waals surface area contributed by atoms with Gasteiger partial charge in [-0.25, -0.2) is 9.97 Å². The van der Waals surface area contributed by atoms with Gasteiger partial charge in [-0.05, 0) is 56.4 Å². The monoisotopic (exact) mass is 456 g/mol. The molecule has 34 heavy (non-hydrogen) atoms. The topological polar surface area (TPSA) is 49.3 Å². The van der Waals surface area contributed by atoms with Crippen LogP contribution in [0.25, 0.3) is 0 Å². The number of rotatable bonds is 6. The molecule has 1 amide bonds. The number of nitrogens with zero attached hydrogens (tertiary/aromatic N) is 4. The van der Waals surface area contributed by atoms with Crippen LogP contribution in [-0.2, 0) is 19.3 Å². The highest BCUT2D eigenvalue weighted by molar-refractivity contribution is 5.94. The fourth-order valence-corrected chi connectivity index (χ4v) is 4.68. The number of hydrogen-bond acceptors (Lipinski definition) is 4. The van der Waals surface area contributed by atoms with Crippen molar-refractivity contribution in [2.24, 2.45) is 0 Å². The maximum Gasteiger partial charge on any atom is 0.253 e. The molecular weight excluding hydrogens is 420 g/mol. The summed E-state index contributed by atoms with van der Waals surface area (Å²) in [6.45, 7) is 11.5. The lowest BCUT2D eigenvalue weighted by molar-refractivity contribution is 0.0767. The largest absolute Gasteiger partial charge is 0.354 e. The first-order chi connectivity index (χ1) is 16.5. The first-order valence-electron chi connectivity index (χ1n) is 12.5. The Hall–Kier alpha value is -3.21. The number of amides is 1. The standard InChI is InChI=1S/C29H36N4O/c1-5-23-12-14-25(15-13-23)29(34)33-17-7-16-32(18-19-33)28-26(27(6-2)30-22(4)31-28)20-24-10-8-21(3)9-11-24/h8-15H,5-7,16-20H2,1-4H3. The van der Waals surface area contributed by atoms with Crippen LogP contribution in [0, 0.1) is 13.8 Å². The fraction of sp³-hybridized carbons (Fsp3) is 0.414. The molecule has 0 aliphatic carbocycles. The van der Waals surface area contributed by atoms with E-state index in [-0.39, 0.29) is 5.91 Å². The van der Waals surface area contributed by atoms with Gasteiger partial charge in [0, 0.05) is 49.4 Å². The first kappa shape index (κ1) is 23.9. The van der Waals surface area contributed by atoms with E-state index >= 15 is 0 Å². The molecule has 5 nitrogen and oxygen atoms in total. The Bertz CT molecular complexity index is 1120. The van der Waals surface area contributed by atoms with Gasteiger partial charge < -0.3 is 9.80 Å². The minimum absolute atomic E-state index is 0.123. The molecule has 0 unspecified atom stereocenters. The van der Waals surface area contributed by atoms with E-state index in [1.165, 1.54) is 22.3 Å². The van der Waals surface area contributed by atoms with Crippen LogP contribution in [0.4, 0.5) is 5.82 Å². The second-order valence-corrected chi connectivity index (χ2v) is 9.22. The number of carbonyl (C=O) groups excluding carboxylic acids is 1. The van der Waals surface area contributed by atoms with Gasteiger partial charge in [-0.2, -0.15) is 0 Å². The van der Waals surface area contributed by atoms with Gasteiger partial charge in [0.1, 0.15) is 11.6 Å². The van der Waals surface area contributed by atoms with Crippen molar-refractivity contribution in [1.82, 2.24) is 14.9 Å². The first-order valence-corrected chi connectivity index (χ1v) is 12.5. The van der Waals surface area contributed by atoms with Crippen LogP contribution in [0.2, 0.25) is 0 Å². The highest BCUT2D eigenvalue weighted by atomic mass is 16.2. The molecule has 5 heteroatoms. The molecule has 0 bridgehead atoms. The fourth-order valence-electron chi connectivity index (χ4n) is 4.68. The zero-order chi connectivity index (χ0) is 24.1. The highest BCUT2D eigenvalue weighted by Gasteiger charge is 2.24. The third kappa shape index (κ3) is 5.46. The van der Waals surface area contributed by atoms with Crippen LogP contribution in [-0.4, -0.2) is 47.0 Å². The predicted molar refractivity (Wildman–Crippen MR) is 139 cm³/mol. The van der Waals surface area contributed by atoms with Gasteiger partial charge in [0.15, 0.2) is 0 Å². The van der Waals surface area contributed by atoms with Crippen LogP contribution in [0.1, 0.15) is 64.4 Å². The smallest absolute Gasteiger partial charge is 0.253 e. The molecule has 0 atom stereocenters. The Labute approximate surface area is 203 Å². The second kappa shape index (κ2) is 10.8. The molecule has 4 rings (SSSR count). The number of anilines is 1. The summed E-state index contributed by atoms with van der Waals surface area (Å²) < 4.78 is 0. The summed E-state index contributed by atoms with van der Waals surface area (Å²) in [5.41, 5.74) is 6.91. The maximum atomic E-state index is 13.2. The molecule has 1 aromatic heterocycles. The number of aryl methyl sites for hydroxylation is 4. The van der Waals surface area contributed by atoms with Crippen molar-refractivity contribution in [2.75, 3.05) is 31.1 Å². The molecule has 2 heterocycles. The Morgan fingerprint density at radius 3 is 2.21 bits per heavy atom. The molecule has 1 saturated heterocycles. The van der Waals surface area contributed by atoms with E-state index in [2.05, 4.69) is 62.1 Å². The summed E-state index contributed by atoms with van der Waals surface area (Å²) in [5, 5.41) is 0. The Morgan fingerprint density at radius 1 is 0.824 bits per heavy atom. The minimum atomic E-state index is 0.123. The molecule has 2 aromatic carbocycles. The molecule has 0 N–H and O–H groups in total. The van der Waals surface area contributed by atoms with Crippen LogP contribution in [0.15, 0.2) is 48.5 Å². The lowest BCUT2D eigenvalue weighted by Crippen LogP contribution is -2.35. The molecule has 178 valence electrons. The minimum Gasteiger partial charge on any atom is -0.354 e. The summed E-state index contributed by atoms with van der Waals surface area (Å²) in [7, 11) is 0. The zero-order valence-electron chi connectivity index (χ0n) is 21.0. The van der Waals surface area contributed by atoms with E-state index in [4.69, 9.17) is 9.97 Å². The van der Waals surface area contributed by atoms with Crippen LogP contribution in [0.3, 0.4) is 0 Å². The summed E-state index contributed by atoms with van der Waals surface area (Å²) in [4.78, 5) is 27.2. The summed E-state index contributed by atoms with van der Waals surface area (Å²) >= 11 is 0. The van der Waals surface area contributed by atoms with Gasteiger partial charge in [0.25, 0.3) is 5.91 Å². The lowest BCUT2D eigenvalue weighted by Gasteiger charge is -2.26. The van der Waals surface area contributed by atoms with Crippen molar-refractivity contribution in [3.8, 4) is 0 Å². The average Bonchev–Trinajstić information content (AvgIpc) is 3.12. The third-order valence-corrected chi connectivity index (χ3v) is 6.71. The van der Waals surface area contributed by atoms with Gasteiger partial charge in [0.2, 0.25) is 0 Å². The molecular formula is C29H36N4O. The number of aromatic nitrogens is 2. The quantitative estimate of drug-likeness (QED) is 0.514. The van der Waals surface area contributed by atoms with Gasteiger partial charge in [-0.3, -0.25) is 4.79 Å². The van der Waals surface area contributed by atoms with E-state index in [0.29, 0.717) is 6.54 Å². The second-order valence-electron chi connectivity index (χ2n) is 9.22. The van der Waals surface area contributed by atoms with Crippen LogP contribution < -0.4 is 4.90 Å². The van der Waals surface area contributed by atoms with Gasteiger partial charge >= 0.3 is 0 Å². The highest BCUT2D eigenvalue weighted by Crippen LogP contribution is 2.26. The Morgan fingerprint density at radius 2 is 1.53 bits per heavy atom. The van der Waals surface area contributed by atoms with Crippen molar-refractivity contribution >= 4 is 11.7 Å². The van der Waals surface area contributed by atoms with Gasteiger partial charge in [-0.15, -0.1) is 0 Å². The molecule has 0 radical (unpaired) electrons. The molecule has 1 aliphatic rings. The third-order valence-electron chi connectivity index (χ3n) is 6.71. The van der Waals surface area contributed by atoms with Crippen LogP contribution in [0.5, 0.6) is 0 Å². The van der Waals surface area contributed by atoms with Crippen molar-refractivity contribution < 1.29 is 4.79 Å². The van der Waals surface area contributed by atoms with Crippen molar-refractivity contribution in [3.63, 3.8) is 0 Å². The van der Waals surface area contributed by atoms with Crippen molar-refractivity contribution in [1.29, 1.82) is 0 Å². The molecule has 3 aromatic rings. The SMILES string of the molecule is CCc1ccc(C(=O)N2CCCN(c3nc(C)nc(CC)c3Cc3ccc(C)cc3)CC2)cc1. The van der Waals surface area contributed by atoms with Crippen LogP contribution >= 0.6 is 0 Å². The maximum absolute atomic E-state index is 13.2. The summed E-state index contributed by atoms with van der Waals surface area (Å²) in [5.74, 6) is 1.97. The van der Waals surface area contributed by atoms with Gasteiger partial charge in [-0.1, -0.05) is 55.8 Å². The Balaban J connectivity index is 1.56. The summed E-state index contributed by atoms with van der Waals surface area (Å²) in [6.07, 6.45) is 3.61. The molecule has 1 aliphatic heterocycles. The van der Waals surface area contributed by atoms with E-state index in [1.54, 1.807) is 0 Å². The van der Waals surface area contributed by atoms with Crippen molar-refractivity contribution in [3.05, 3.63) is 87.9 Å². The molecule has 1 fully saturated rings. The van der Waals surface area contributed by atoms with E-state index in [1.807, 2.05) is 24.0 Å². The molecule has 0 saturated carbocycles. The Kier molecular flexibility index (Phi) is 7.61. The normalized spacial score (nSPS) is 14.2. The zero-order valence-corrected chi connectivity index (χ0v) is 21.0. The van der Waals surface area contributed by atoms with Crippen molar-refractivity contribution in [2.45, 2.75) is 53.4 Å². The molecule has 0 spiro atoms. The van der Waals surface area contributed by atoms with E-state index in [9.17, 15) is 4.79 Å².